The minimum Gasteiger partial charge on any atom is -0.501 e. The zero-order valence-corrected chi connectivity index (χ0v) is 36.7. The van der Waals surface area contributed by atoms with Crippen LogP contribution in [0.25, 0.3) is 66.0 Å². The topological polar surface area (TPSA) is 38.9 Å². The van der Waals surface area contributed by atoms with E-state index in [0.29, 0.717) is 46.1 Å². The molecule has 8 aromatic rings. The number of aryl methyl sites for hydroxylation is 1. The second-order valence-corrected chi connectivity index (χ2v) is 18.4. The van der Waals surface area contributed by atoms with Crippen LogP contribution < -0.4 is 0 Å². The maximum atomic E-state index is 9.71. The van der Waals surface area contributed by atoms with E-state index in [0.717, 1.165) is 51.2 Å². The van der Waals surface area contributed by atoms with E-state index >= 15 is 0 Å². The van der Waals surface area contributed by atoms with Crippen molar-refractivity contribution in [1.82, 2.24) is 9.97 Å². The molecule has 1 spiro atoms. The molecular formula is C54H54IrN2O-2. The summed E-state index contributed by atoms with van der Waals surface area (Å²) < 4.78 is 41.3. The molecule has 3 heterocycles. The van der Waals surface area contributed by atoms with E-state index in [1.165, 1.54) is 48.2 Å². The molecule has 0 unspecified atom stereocenters. The molecule has 2 aliphatic carbocycles. The molecule has 0 aliphatic heterocycles. The van der Waals surface area contributed by atoms with Crippen LogP contribution in [0.3, 0.4) is 0 Å². The van der Waals surface area contributed by atoms with Crippen molar-refractivity contribution in [3.8, 4) is 22.5 Å². The van der Waals surface area contributed by atoms with Crippen LogP contribution >= 0.6 is 0 Å². The molecule has 297 valence electrons. The Hall–Kier alpha value is -4.63. The smallest absolute Gasteiger partial charge is 0.121 e. The molecule has 58 heavy (non-hydrogen) atoms. The molecule has 3 aromatic heterocycles. The number of aromatic nitrogens is 2. The average molecular weight is 943 g/mol. The van der Waals surface area contributed by atoms with Gasteiger partial charge in [-0.3, -0.25) is 0 Å². The third-order valence-corrected chi connectivity index (χ3v) is 13.0. The molecule has 0 saturated heterocycles. The van der Waals surface area contributed by atoms with Crippen molar-refractivity contribution in [3.05, 3.63) is 144 Å². The number of hydrogen-bond acceptors (Lipinski definition) is 3. The van der Waals surface area contributed by atoms with Gasteiger partial charge in [-0.1, -0.05) is 100 Å². The second kappa shape index (κ2) is 15.9. The van der Waals surface area contributed by atoms with Crippen molar-refractivity contribution in [2.24, 2.45) is 10.8 Å². The van der Waals surface area contributed by atoms with Gasteiger partial charge in [0.15, 0.2) is 0 Å². The quantitative estimate of drug-likeness (QED) is 0.131. The Morgan fingerprint density at radius 3 is 2.19 bits per heavy atom. The molecule has 1 radical (unpaired) electrons. The van der Waals surface area contributed by atoms with Gasteiger partial charge in [0, 0.05) is 43.4 Å². The Balaban J connectivity index is 0.000000263. The van der Waals surface area contributed by atoms with Crippen molar-refractivity contribution in [2.45, 2.75) is 104 Å². The maximum Gasteiger partial charge on any atom is 0.121 e. The minimum absolute atomic E-state index is 0. The second-order valence-electron chi connectivity index (χ2n) is 18.4. The summed E-state index contributed by atoms with van der Waals surface area (Å²) in [6.45, 7) is 8.96. The van der Waals surface area contributed by atoms with Gasteiger partial charge in [-0.2, -0.15) is 0 Å². The summed E-state index contributed by atoms with van der Waals surface area (Å²) in [6, 6.07) is 41.4. The molecule has 2 aliphatic rings. The molecule has 0 amide bonds. The molecule has 2 fully saturated rings. The van der Waals surface area contributed by atoms with E-state index in [1.807, 2.05) is 48.7 Å². The van der Waals surface area contributed by atoms with Crippen LogP contribution in [0.2, 0.25) is 0 Å². The number of furan rings is 1. The Bertz CT molecular complexity index is 2870. The van der Waals surface area contributed by atoms with Gasteiger partial charge in [-0.05, 0) is 142 Å². The van der Waals surface area contributed by atoms with Crippen LogP contribution in [-0.4, -0.2) is 9.97 Å². The number of hydrogen-bond donors (Lipinski definition) is 0. The summed E-state index contributed by atoms with van der Waals surface area (Å²) in [5.74, 6) is -0.972. The van der Waals surface area contributed by atoms with E-state index in [1.54, 1.807) is 0 Å². The van der Waals surface area contributed by atoms with Crippen LogP contribution in [0.5, 0.6) is 0 Å². The third kappa shape index (κ3) is 7.91. The molecule has 5 aromatic carbocycles. The summed E-state index contributed by atoms with van der Waals surface area (Å²) in [5.41, 5.74) is 7.66. The van der Waals surface area contributed by atoms with E-state index in [-0.39, 0.29) is 31.1 Å². The monoisotopic (exact) mass is 943 g/mol. The van der Waals surface area contributed by atoms with Crippen molar-refractivity contribution < 1.29 is 30.0 Å². The van der Waals surface area contributed by atoms with Gasteiger partial charge < -0.3 is 14.4 Å². The van der Waals surface area contributed by atoms with Crippen molar-refractivity contribution >= 4 is 43.5 Å². The fraction of sp³-hybridized carbons (Fsp3) is 0.333. The summed E-state index contributed by atoms with van der Waals surface area (Å²) >= 11 is 0. The van der Waals surface area contributed by atoms with Gasteiger partial charge in [-0.15, -0.1) is 54.1 Å². The van der Waals surface area contributed by atoms with Gasteiger partial charge in [-0.25, -0.2) is 0 Å². The van der Waals surface area contributed by atoms with E-state index in [4.69, 9.17) is 8.53 Å². The Morgan fingerprint density at radius 2 is 1.47 bits per heavy atom. The van der Waals surface area contributed by atoms with E-state index in [9.17, 15) is 1.37 Å². The summed E-state index contributed by atoms with van der Waals surface area (Å²) in [7, 11) is 0. The number of nitrogens with zero attached hydrogens (tertiary/aromatic N) is 2. The standard InChI is InChI=1S/C39H38NO.C15H16N.Ir/c1-25-24-40-35(22-32(25)27-13-15-39(16-14-27)19-17-38(2,3)18-20-39)31-10-6-9-30-34-21-28-12-11-26-7-4-5-8-29(26)33(28)23-36(34)41-37(30)31;1-15(2,3)13-9-10-14(16-11-13)12-7-5-4-6-8-12;/h4-9,11-12,21-24,27H,13-20H2,1-3H3;4-7,9-11H,1-3H3;/q2*-1;/i1D3,27D;;. The zero-order chi connectivity index (χ0) is 42.8. The molecule has 0 N–H and O–H groups in total. The number of fused-ring (bicyclic) bond motifs is 6. The molecule has 4 heteroatoms. The molecule has 0 bridgehead atoms. The molecule has 10 rings (SSSR count). The molecule has 2 saturated carbocycles. The van der Waals surface area contributed by atoms with Crippen molar-refractivity contribution in [3.63, 3.8) is 0 Å². The first kappa shape index (κ1) is 35.3. The van der Waals surface area contributed by atoms with Crippen LogP contribution in [0.1, 0.15) is 114 Å². The Morgan fingerprint density at radius 1 is 0.707 bits per heavy atom. The van der Waals surface area contributed by atoms with Crippen LogP contribution in [-0.2, 0) is 25.5 Å². The summed E-state index contributed by atoms with van der Waals surface area (Å²) in [5, 5.41) is 6.65. The first-order valence-electron chi connectivity index (χ1n) is 22.6. The Labute approximate surface area is 363 Å². The predicted octanol–water partition coefficient (Wildman–Crippen LogP) is 15.2. The normalized spacial score (nSPS) is 18.4. The first-order valence-corrected chi connectivity index (χ1v) is 20.6. The number of benzene rings is 5. The van der Waals surface area contributed by atoms with E-state index in [2.05, 4.69) is 117 Å². The Kier molecular flexibility index (Phi) is 9.65. The van der Waals surface area contributed by atoms with Crippen molar-refractivity contribution in [1.29, 1.82) is 0 Å². The predicted molar refractivity (Wildman–Crippen MR) is 239 cm³/mol. The largest absolute Gasteiger partial charge is 0.501 e. The maximum absolute atomic E-state index is 9.71. The van der Waals surface area contributed by atoms with Crippen LogP contribution in [0.4, 0.5) is 0 Å². The SMILES string of the molecule is CC(C)(C)c1ccc(-c2[c-]cccc2)nc1.[2H]C([2H])([2H])c1cnc(-c2[c-]ccc3c2oc2cc4c(ccc5ccccc54)cc23)cc1C1([2H])CCC2(CCC(C)(C)CC2)CC1.[Ir]. The van der Waals surface area contributed by atoms with Gasteiger partial charge in [0.25, 0.3) is 0 Å². The van der Waals surface area contributed by atoms with E-state index < -0.39 is 12.7 Å². The van der Waals surface area contributed by atoms with Crippen LogP contribution in [0.15, 0.2) is 120 Å². The number of pyridine rings is 2. The molecule has 3 nitrogen and oxygen atoms in total. The van der Waals surface area contributed by atoms with Crippen LogP contribution in [0, 0.1) is 29.8 Å². The minimum atomic E-state index is -2.35. The molecular weight excluding hydrogens is 885 g/mol. The fourth-order valence-corrected chi connectivity index (χ4v) is 9.18. The van der Waals surface area contributed by atoms with Gasteiger partial charge in [0.2, 0.25) is 0 Å². The number of rotatable bonds is 3. The fourth-order valence-electron chi connectivity index (χ4n) is 9.18. The molecule has 0 atom stereocenters. The third-order valence-electron chi connectivity index (χ3n) is 13.0. The van der Waals surface area contributed by atoms with Gasteiger partial charge >= 0.3 is 0 Å². The zero-order valence-electron chi connectivity index (χ0n) is 38.3. The van der Waals surface area contributed by atoms with Gasteiger partial charge in [0.05, 0.1) is 5.58 Å². The average Bonchev–Trinajstić information content (AvgIpc) is 3.62. The van der Waals surface area contributed by atoms with Crippen molar-refractivity contribution in [2.75, 3.05) is 0 Å². The van der Waals surface area contributed by atoms with Gasteiger partial charge in [0.1, 0.15) is 5.58 Å². The first-order chi connectivity index (χ1) is 29.0. The summed E-state index contributed by atoms with van der Waals surface area (Å²) in [6.07, 6.45) is 11.6. The summed E-state index contributed by atoms with van der Waals surface area (Å²) in [4.78, 5) is 9.17.